The third kappa shape index (κ3) is 3.00. The molecule has 4 heteroatoms. The predicted molar refractivity (Wildman–Crippen MR) is 72.6 cm³/mol. The number of pyridine rings is 1. The topological polar surface area (TPSA) is 50.3 Å². The van der Waals surface area contributed by atoms with Crippen molar-refractivity contribution in [1.29, 1.82) is 0 Å². The van der Waals surface area contributed by atoms with Crippen LogP contribution in [0, 0.1) is 0 Å². The molecule has 1 fully saturated rings. The molecule has 0 saturated carbocycles. The predicted octanol–water partition coefficient (Wildman–Crippen LogP) is 1.98. The molecule has 0 bridgehead atoms. The second kappa shape index (κ2) is 5.51. The highest BCUT2D eigenvalue weighted by Gasteiger charge is 2.39. The van der Waals surface area contributed by atoms with Crippen LogP contribution in [0.5, 0.6) is 0 Å². The maximum Gasteiger partial charge on any atom is 0.223 e. The number of aryl methyl sites for hydroxylation is 1. The molecule has 1 aromatic rings. The fourth-order valence-corrected chi connectivity index (χ4v) is 2.51. The molecule has 0 atom stereocenters. The zero-order valence-electron chi connectivity index (χ0n) is 11.6. The molecule has 2 rings (SSSR count). The summed E-state index contributed by atoms with van der Waals surface area (Å²) in [5, 5.41) is 0. The van der Waals surface area contributed by atoms with Gasteiger partial charge in [0.2, 0.25) is 5.91 Å². The molecule has 1 aliphatic rings. The second-order valence-electron chi connectivity index (χ2n) is 5.49. The second-order valence-corrected chi connectivity index (χ2v) is 5.49. The lowest BCUT2D eigenvalue weighted by molar-refractivity contribution is -0.148. The number of carbonyl (C=O) groups excluding carboxylic acids is 2. The van der Waals surface area contributed by atoms with Crippen molar-refractivity contribution in [2.24, 2.45) is 0 Å². The van der Waals surface area contributed by atoms with Gasteiger partial charge in [-0.05, 0) is 44.4 Å². The van der Waals surface area contributed by atoms with E-state index in [2.05, 4.69) is 4.98 Å². The summed E-state index contributed by atoms with van der Waals surface area (Å²) in [7, 11) is 0. The van der Waals surface area contributed by atoms with Crippen molar-refractivity contribution >= 4 is 11.7 Å². The zero-order valence-corrected chi connectivity index (χ0v) is 11.6. The lowest BCUT2D eigenvalue weighted by atomic mass is 9.88. The van der Waals surface area contributed by atoms with E-state index in [1.807, 2.05) is 26.0 Å². The average molecular weight is 260 g/mol. The van der Waals surface area contributed by atoms with Crippen molar-refractivity contribution in [3.05, 3.63) is 30.1 Å². The SMILES string of the molecule is CC1(C)C(=O)CCCN1C(=O)CCc1ccncc1. The van der Waals surface area contributed by atoms with E-state index in [1.165, 1.54) is 0 Å². The monoisotopic (exact) mass is 260 g/mol. The third-order valence-electron chi connectivity index (χ3n) is 3.82. The molecule has 102 valence electrons. The van der Waals surface area contributed by atoms with Gasteiger partial charge in [-0.15, -0.1) is 0 Å². The Morgan fingerprint density at radius 1 is 1.37 bits per heavy atom. The minimum atomic E-state index is -0.645. The first-order valence-electron chi connectivity index (χ1n) is 6.74. The van der Waals surface area contributed by atoms with E-state index in [-0.39, 0.29) is 11.7 Å². The van der Waals surface area contributed by atoms with E-state index in [0.29, 0.717) is 25.8 Å². The molecule has 0 aromatic carbocycles. The number of likely N-dealkylation sites (tertiary alicyclic amines) is 1. The summed E-state index contributed by atoms with van der Waals surface area (Å²) < 4.78 is 0. The highest BCUT2D eigenvalue weighted by Crippen LogP contribution is 2.25. The quantitative estimate of drug-likeness (QED) is 0.835. The number of carbonyl (C=O) groups is 2. The number of hydrogen-bond donors (Lipinski definition) is 0. The Labute approximate surface area is 113 Å². The summed E-state index contributed by atoms with van der Waals surface area (Å²) >= 11 is 0. The summed E-state index contributed by atoms with van der Waals surface area (Å²) in [6, 6.07) is 3.83. The van der Waals surface area contributed by atoms with Crippen LogP contribution in [-0.2, 0) is 16.0 Å². The van der Waals surface area contributed by atoms with Crippen LogP contribution in [-0.4, -0.2) is 33.7 Å². The molecule has 0 spiro atoms. The minimum absolute atomic E-state index is 0.0647. The minimum Gasteiger partial charge on any atom is -0.331 e. The Bertz CT molecular complexity index is 468. The van der Waals surface area contributed by atoms with Crippen molar-refractivity contribution in [1.82, 2.24) is 9.88 Å². The molecule has 1 saturated heterocycles. The number of Topliss-reactive ketones (excluding diaryl/α,β-unsaturated/α-hetero) is 1. The van der Waals surface area contributed by atoms with Gasteiger partial charge in [-0.1, -0.05) is 0 Å². The molecule has 4 nitrogen and oxygen atoms in total. The van der Waals surface area contributed by atoms with Gasteiger partial charge in [0, 0.05) is 31.8 Å². The summed E-state index contributed by atoms with van der Waals surface area (Å²) in [5.74, 6) is 0.228. The first-order valence-corrected chi connectivity index (χ1v) is 6.74. The third-order valence-corrected chi connectivity index (χ3v) is 3.82. The largest absolute Gasteiger partial charge is 0.331 e. The van der Waals surface area contributed by atoms with Gasteiger partial charge in [-0.3, -0.25) is 14.6 Å². The smallest absolute Gasteiger partial charge is 0.223 e. The van der Waals surface area contributed by atoms with E-state index < -0.39 is 5.54 Å². The van der Waals surface area contributed by atoms with Crippen molar-refractivity contribution in [2.75, 3.05) is 6.54 Å². The van der Waals surface area contributed by atoms with E-state index in [0.717, 1.165) is 12.0 Å². The lowest BCUT2D eigenvalue weighted by Gasteiger charge is -2.41. The molecule has 19 heavy (non-hydrogen) atoms. The van der Waals surface area contributed by atoms with Crippen LogP contribution in [0.15, 0.2) is 24.5 Å². The lowest BCUT2D eigenvalue weighted by Crippen LogP contribution is -2.56. The molecule has 1 aromatic heterocycles. The van der Waals surface area contributed by atoms with Gasteiger partial charge in [0.05, 0.1) is 5.54 Å². The Hall–Kier alpha value is -1.71. The molecular weight excluding hydrogens is 240 g/mol. The molecule has 1 aliphatic heterocycles. The van der Waals surface area contributed by atoms with Crippen molar-refractivity contribution in [3.63, 3.8) is 0 Å². The van der Waals surface area contributed by atoms with E-state index in [9.17, 15) is 9.59 Å². The van der Waals surface area contributed by atoms with Crippen molar-refractivity contribution < 1.29 is 9.59 Å². The van der Waals surface area contributed by atoms with Gasteiger partial charge in [0.1, 0.15) is 0 Å². The van der Waals surface area contributed by atoms with Crippen LogP contribution in [0.3, 0.4) is 0 Å². The molecule has 0 radical (unpaired) electrons. The standard InChI is InChI=1S/C15H20N2O2/c1-15(2)13(18)4-3-11-17(15)14(19)6-5-12-7-9-16-10-8-12/h7-10H,3-6,11H2,1-2H3. The molecule has 1 amide bonds. The average Bonchev–Trinajstić information content (AvgIpc) is 2.40. The highest BCUT2D eigenvalue weighted by molar-refractivity contribution is 5.93. The van der Waals surface area contributed by atoms with Crippen LogP contribution < -0.4 is 0 Å². The van der Waals surface area contributed by atoms with Crippen molar-refractivity contribution in [2.45, 2.75) is 45.1 Å². The van der Waals surface area contributed by atoms with Crippen LogP contribution >= 0.6 is 0 Å². The van der Waals surface area contributed by atoms with E-state index >= 15 is 0 Å². The highest BCUT2D eigenvalue weighted by atomic mass is 16.2. The first kappa shape index (κ1) is 13.7. The maximum absolute atomic E-state index is 12.3. The normalized spacial score (nSPS) is 18.4. The number of ketones is 1. The molecular formula is C15H20N2O2. The number of nitrogens with zero attached hydrogens (tertiary/aromatic N) is 2. The Morgan fingerprint density at radius 3 is 2.74 bits per heavy atom. The number of piperidine rings is 1. The fourth-order valence-electron chi connectivity index (χ4n) is 2.51. The molecule has 0 aliphatic carbocycles. The summed E-state index contributed by atoms with van der Waals surface area (Å²) in [4.78, 5) is 29.9. The summed E-state index contributed by atoms with van der Waals surface area (Å²) in [5.41, 5.74) is 0.456. The van der Waals surface area contributed by atoms with E-state index in [1.54, 1.807) is 17.3 Å². The van der Waals surface area contributed by atoms with Gasteiger partial charge < -0.3 is 4.90 Å². The molecule has 0 N–H and O–H groups in total. The summed E-state index contributed by atoms with van der Waals surface area (Å²) in [6.07, 6.45) is 5.97. The Balaban J connectivity index is 1.98. The number of aromatic nitrogens is 1. The Kier molecular flexibility index (Phi) is 3.98. The number of hydrogen-bond acceptors (Lipinski definition) is 3. The van der Waals surface area contributed by atoms with Gasteiger partial charge in [0.15, 0.2) is 5.78 Å². The number of amides is 1. The van der Waals surface area contributed by atoms with Gasteiger partial charge in [-0.25, -0.2) is 0 Å². The van der Waals surface area contributed by atoms with Gasteiger partial charge in [0.25, 0.3) is 0 Å². The number of rotatable bonds is 3. The summed E-state index contributed by atoms with van der Waals surface area (Å²) in [6.45, 7) is 4.38. The van der Waals surface area contributed by atoms with Gasteiger partial charge >= 0.3 is 0 Å². The zero-order chi connectivity index (χ0) is 13.9. The molecule has 0 unspecified atom stereocenters. The maximum atomic E-state index is 12.3. The van der Waals surface area contributed by atoms with Gasteiger partial charge in [-0.2, -0.15) is 0 Å². The van der Waals surface area contributed by atoms with Crippen LogP contribution in [0.25, 0.3) is 0 Å². The van der Waals surface area contributed by atoms with Crippen LogP contribution in [0.2, 0.25) is 0 Å². The first-order chi connectivity index (χ1) is 9.01. The van der Waals surface area contributed by atoms with Crippen LogP contribution in [0.1, 0.15) is 38.7 Å². The Morgan fingerprint density at radius 2 is 2.05 bits per heavy atom. The van der Waals surface area contributed by atoms with Crippen LogP contribution in [0.4, 0.5) is 0 Å². The molecule has 2 heterocycles. The van der Waals surface area contributed by atoms with E-state index in [4.69, 9.17) is 0 Å². The fraction of sp³-hybridized carbons (Fsp3) is 0.533. The van der Waals surface area contributed by atoms with Crippen molar-refractivity contribution in [3.8, 4) is 0 Å².